The predicted octanol–water partition coefficient (Wildman–Crippen LogP) is 1.07. The largest absolute Gasteiger partial charge is 0.377 e. The quantitative estimate of drug-likeness (QED) is 0.724. The summed E-state index contributed by atoms with van der Waals surface area (Å²) in [5.41, 5.74) is 0. The molecule has 14 heavy (non-hydrogen) atoms. The fourth-order valence-electron chi connectivity index (χ4n) is 1.42. The molecule has 0 aromatic heterocycles. The molecule has 82 valence electrons. The zero-order valence-corrected chi connectivity index (χ0v) is 9.25. The second kappa shape index (κ2) is 5.20. The van der Waals surface area contributed by atoms with Crippen LogP contribution in [0.5, 0.6) is 0 Å². The number of carbonyl (C=O) groups excluding carboxylic acids is 1. The van der Waals surface area contributed by atoms with E-state index in [9.17, 15) is 4.79 Å². The highest BCUT2D eigenvalue weighted by atomic mass is 16.5. The van der Waals surface area contributed by atoms with Crippen LogP contribution in [-0.2, 0) is 4.74 Å². The van der Waals surface area contributed by atoms with E-state index < -0.39 is 0 Å². The molecule has 1 fully saturated rings. The topological polar surface area (TPSA) is 41.6 Å². The second-order valence-corrected chi connectivity index (χ2v) is 4.20. The third kappa shape index (κ3) is 3.18. The lowest BCUT2D eigenvalue weighted by molar-refractivity contribution is 0.0189. The van der Waals surface area contributed by atoms with Gasteiger partial charge in [-0.25, -0.2) is 4.79 Å². The van der Waals surface area contributed by atoms with Crippen molar-refractivity contribution in [3.63, 3.8) is 0 Å². The van der Waals surface area contributed by atoms with Crippen molar-refractivity contribution in [2.45, 2.75) is 26.8 Å². The van der Waals surface area contributed by atoms with Crippen LogP contribution in [0.25, 0.3) is 0 Å². The molecule has 0 saturated carbocycles. The van der Waals surface area contributed by atoms with Gasteiger partial charge in [0, 0.05) is 13.1 Å². The van der Waals surface area contributed by atoms with E-state index in [1.165, 1.54) is 0 Å². The molecule has 0 aromatic rings. The Kier molecular flexibility index (Phi) is 4.20. The van der Waals surface area contributed by atoms with Gasteiger partial charge in [0.15, 0.2) is 0 Å². The summed E-state index contributed by atoms with van der Waals surface area (Å²) in [6, 6.07) is 0.227. The van der Waals surface area contributed by atoms with Crippen molar-refractivity contribution < 1.29 is 9.53 Å². The third-order valence-corrected chi connectivity index (χ3v) is 2.29. The van der Waals surface area contributed by atoms with E-state index >= 15 is 0 Å². The molecule has 1 atom stereocenters. The number of nitrogens with zero attached hydrogens (tertiary/aromatic N) is 1. The van der Waals surface area contributed by atoms with Crippen LogP contribution in [-0.4, -0.2) is 43.3 Å². The molecule has 1 aliphatic heterocycles. The standard InChI is InChI=1S/C10H20N2O2/c1-8(2)6-11-10(13)12-4-5-14-7-9(12)3/h8-9H,4-7H2,1-3H3,(H,11,13). The number of hydrogen-bond donors (Lipinski definition) is 1. The van der Waals surface area contributed by atoms with Gasteiger partial charge in [0.25, 0.3) is 0 Å². The summed E-state index contributed by atoms with van der Waals surface area (Å²) in [5, 5.41) is 2.91. The number of urea groups is 1. The van der Waals surface area contributed by atoms with Crippen LogP contribution in [0.15, 0.2) is 0 Å². The van der Waals surface area contributed by atoms with Crippen molar-refractivity contribution in [3.8, 4) is 0 Å². The minimum Gasteiger partial charge on any atom is -0.377 e. The number of hydrogen-bond acceptors (Lipinski definition) is 2. The van der Waals surface area contributed by atoms with Gasteiger partial charge in [-0.15, -0.1) is 0 Å². The van der Waals surface area contributed by atoms with Gasteiger partial charge < -0.3 is 15.0 Å². The lowest BCUT2D eigenvalue weighted by Crippen LogP contribution is -2.51. The molecule has 1 unspecified atom stereocenters. The summed E-state index contributed by atoms with van der Waals surface area (Å²) in [6.45, 7) is 8.92. The van der Waals surface area contributed by atoms with Crippen molar-refractivity contribution in [2.24, 2.45) is 5.92 Å². The van der Waals surface area contributed by atoms with Crippen molar-refractivity contribution >= 4 is 6.03 Å². The summed E-state index contributed by atoms with van der Waals surface area (Å²) in [5.74, 6) is 0.496. The van der Waals surface area contributed by atoms with Crippen molar-refractivity contribution in [2.75, 3.05) is 26.3 Å². The summed E-state index contributed by atoms with van der Waals surface area (Å²) in [7, 11) is 0. The fraction of sp³-hybridized carbons (Fsp3) is 0.900. The van der Waals surface area contributed by atoms with Crippen LogP contribution < -0.4 is 5.32 Å². The molecule has 0 bridgehead atoms. The number of carbonyl (C=O) groups is 1. The van der Waals surface area contributed by atoms with Gasteiger partial charge >= 0.3 is 6.03 Å². The summed E-state index contributed by atoms with van der Waals surface area (Å²) in [6.07, 6.45) is 0. The monoisotopic (exact) mass is 200 g/mol. The maximum Gasteiger partial charge on any atom is 0.317 e. The van der Waals surface area contributed by atoms with Crippen molar-refractivity contribution in [3.05, 3.63) is 0 Å². The first kappa shape index (κ1) is 11.3. The smallest absolute Gasteiger partial charge is 0.317 e. The van der Waals surface area contributed by atoms with Gasteiger partial charge in [-0.2, -0.15) is 0 Å². The predicted molar refractivity (Wildman–Crippen MR) is 55.2 cm³/mol. The van der Waals surface area contributed by atoms with Crippen molar-refractivity contribution in [1.82, 2.24) is 10.2 Å². The molecule has 1 saturated heterocycles. The Labute approximate surface area is 85.6 Å². The van der Waals surface area contributed by atoms with Gasteiger partial charge in [-0.05, 0) is 12.8 Å². The Morgan fingerprint density at radius 2 is 2.36 bits per heavy atom. The fourth-order valence-corrected chi connectivity index (χ4v) is 1.42. The molecule has 4 nitrogen and oxygen atoms in total. The number of amides is 2. The molecule has 1 rings (SSSR count). The highest BCUT2D eigenvalue weighted by Crippen LogP contribution is 2.06. The minimum atomic E-state index is 0.0366. The summed E-state index contributed by atoms with van der Waals surface area (Å²) < 4.78 is 5.27. The number of morpholine rings is 1. The Hall–Kier alpha value is -0.770. The lowest BCUT2D eigenvalue weighted by Gasteiger charge is -2.33. The van der Waals surface area contributed by atoms with Crippen molar-refractivity contribution in [1.29, 1.82) is 0 Å². The molecule has 0 aromatic carbocycles. The van der Waals surface area contributed by atoms with Gasteiger partial charge in [0.1, 0.15) is 0 Å². The Bertz CT molecular complexity index is 195. The highest BCUT2D eigenvalue weighted by Gasteiger charge is 2.23. The Balaban J connectivity index is 2.34. The maximum absolute atomic E-state index is 11.7. The lowest BCUT2D eigenvalue weighted by atomic mass is 10.2. The summed E-state index contributed by atoms with van der Waals surface area (Å²) in [4.78, 5) is 13.5. The molecule has 0 aliphatic carbocycles. The molecular weight excluding hydrogens is 180 g/mol. The minimum absolute atomic E-state index is 0.0366. The van der Waals surface area contributed by atoms with Gasteiger partial charge in [0.05, 0.1) is 19.3 Å². The first-order valence-electron chi connectivity index (χ1n) is 5.23. The van der Waals surface area contributed by atoms with E-state index in [-0.39, 0.29) is 12.1 Å². The van der Waals surface area contributed by atoms with Crippen LogP contribution in [0.3, 0.4) is 0 Å². The van der Waals surface area contributed by atoms with Crippen LogP contribution in [0.1, 0.15) is 20.8 Å². The van der Waals surface area contributed by atoms with Gasteiger partial charge in [0.2, 0.25) is 0 Å². The Morgan fingerprint density at radius 3 is 2.93 bits per heavy atom. The zero-order chi connectivity index (χ0) is 10.6. The molecule has 1 aliphatic rings. The molecule has 1 heterocycles. The maximum atomic E-state index is 11.7. The average molecular weight is 200 g/mol. The van der Waals surface area contributed by atoms with E-state index in [0.29, 0.717) is 25.7 Å². The normalized spacial score (nSPS) is 22.6. The zero-order valence-electron chi connectivity index (χ0n) is 9.25. The summed E-state index contributed by atoms with van der Waals surface area (Å²) >= 11 is 0. The van der Waals surface area contributed by atoms with E-state index in [1.807, 2.05) is 11.8 Å². The molecule has 2 amide bonds. The highest BCUT2D eigenvalue weighted by molar-refractivity contribution is 5.74. The SMILES string of the molecule is CC(C)CNC(=O)N1CCOCC1C. The van der Waals surface area contributed by atoms with Crippen LogP contribution in [0, 0.1) is 5.92 Å². The second-order valence-electron chi connectivity index (χ2n) is 4.20. The van der Waals surface area contributed by atoms with Crippen LogP contribution in [0.4, 0.5) is 4.79 Å². The van der Waals surface area contributed by atoms with E-state index in [4.69, 9.17) is 4.74 Å². The average Bonchev–Trinajstić information content (AvgIpc) is 2.15. The van der Waals surface area contributed by atoms with E-state index in [2.05, 4.69) is 19.2 Å². The third-order valence-electron chi connectivity index (χ3n) is 2.29. The number of rotatable bonds is 2. The van der Waals surface area contributed by atoms with Crippen LogP contribution in [0.2, 0.25) is 0 Å². The van der Waals surface area contributed by atoms with Gasteiger partial charge in [-0.1, -0.05) is 13.8 Å². The molecular formula is C10H20N2O2. The number of ether oxygens (including phenoxy) is 1. The van der Waals surface area contributed by atoms with Gasteiger partial charge in [-0.3, -0.25) is 0 Å². The van der Waals surface area contributed by atoms with Crippen LogP contribution >= 0.6 is 0 Å². The van der Waals surface area contributed by atoms with E-state index in [1.54, 1.807) is 0 Å². The molecule has 0 spiro atoms. The Morgan fingerprint density at radius 1 is 1.64 bits per heavy atom. The van der Waals surface area contributed by atoms with E-state index in [0.717, 1.165) is 6.54 Å². The first-order valence-corrected chi connectivity index (χ1v) is 5.23. The first-order chi connectivity index (χ1) is 6.61. The molecule has 1 N–H and O–H groups in total. The molecule has 0 radical (unpaired) electrons. The molecule has 4 heteroatoms. The number of nitrogens with one attached hydrogen (secondary N) is 1.